The van der Waals surface area contributed by atoms with Crippen molar-refractivity contribution >= 4 is 11.9 Å². The lowest BCUT2D eigenvalue weighted by atomic mass is 10.1. The summed E-state index contributed by atoms with van der Waals surface area (Å²) in [7, 11) is 1.79. The molecular formula is C19H34N6O. The van der Waals surface area contributed by atoms with Gasteiger partial charge in [-0.2, -0.15) is 5.10 Å². The maximum Gasteiger partial charge on any atom is 0.222 e. The fourth-order valence-electron chi connectivity index (χ4n) is 3.55. The first-order valence-electron chi connectivity index (χ1n) is 9.80. The van der Waals surface area contributed by atoms with Crippen LogP contribution in [0.1, 0.15) is 50.4 Å². The maximum atomic E-state index is 11.9. The first kappa shape index (κ1) is 20.3. The van der Waals surface area contributed by atoms with Gasteiger partial charge in [-0.1, -0.05) is 6.92 Å². The van der Waals surface area contributed by atoms with Gasteiger partial charge in [-0.3, -0.25) is 14.5 Å². The van der Waals surface area contributed by atoms with Crippen LogP contribution in [-0.4, -0.2) is 59.3 Å². The Balaban J connectivity index is 1.65. The SMILES string of the molecule is CCC(CCNC(=NC)NCCCn1nc(C)cc1C)N1CCCC1=O. The van der Waals surface area contributed by atoms with Crippen molar-refractivity contribution in [3.63, 3.8) is 0 Å². The van der Waals surface area contributed by atoms with Crippen LogP contribution in [-0.2, 0) is 11.3 Å². The van der Waals surface area contributed by atoms with Crippen molar-refractivity contribution in [3.8, 4) is 0 Å². The molecule has 0 saturated carbocycles. The van der Waals surface area contributed by atoms with Crippen molar-refractivity contribution in [1.82, 2.24) is 25.3 Å². The molecule has 1 unspecified atom stereocenters. The van der Waals surface area contributed by atoms with E-state index in [1.54, 1.807) is 7.05 Å². The third-order valence-corrected chi connectivity index (χ3v) is 4.96. The quantitative estimate of drug-likeness (QED) is 0.399. The summed E-state index contributed by atoms with van der Waals surface area (Å²) in [5.41, 5.74) is 2.27. The standard InChI is InChI=1S/C19H34N6O/c1-5-17(24-12-6-8-18(24)26)9-11-22-19(20-4)21-10-7-13-25-16(3)14-15(2)23-25/h14,17H,5-13H2,1-4H3,(H2,20,21,22). The van der Waals surface area contributed by atoms with Crippen molar-refractivity contribution in [1.29, 1.82) is 0 Å². The molecule has 7 nitrogen and oxygen atoms in total. The number of likely N-dealkylation sites (tertiary alicyclic amines) is 1. The molecule has 7 heteroatoms. The predicted molar refractivity (Wildman–Crippen MR) is 105 cm³/mol. The van der Waals surface area contributed by atoms with Gasteiger partial charge in [0.1, 0.15) is 0 Å². The van der Waals surface area contributed by atoms with E-state index in [-0.39, 0.29) is 0 Å². The van der Waals surface area contributed by atoms with E-state index >= 15 is 0 Å². The molecule has 0 radical (unpaired) electrons. The summed E-state index contributed by atoms with van der Waals surface area (Å²) in [4.78, 5) is 18.2. The van der Waals surface area contributed by atoms with Gasteiger partial charge in [0.2, 0.25) is 5.91 Å². The molecule has 1 aliphatic rings. The third kappa shape index (κ3) is 5.75. The Labute approximate surface area is 157 Å². The Morgan fingerprint density at radius 1 is 1.35 bits per heavy atom. The zero-order valence-electron chi connectivity index (χ0n) is 16.7. The van der Waals surface area contributed by atoms with E-state index in [0.717, 1.165) is 63.5 Å². The topological polar surface area (TPSA) is 74.6 Å². The molecule has 0 aromatic carbocycles. The predicted octanol–water partition coefficient (Wildman–Crippen LogP) is 1.85. The minimum Gasteiger partial charge on any atom is -0.356 e. The zero-order chi connectivity index (χ0) is 18.9. The normalized spacial score (nSPS) is 16.2. The van der Waals surface area contributed by atoms with Crippen molar-refractivity contribution < 1.29 is 4.79 Å². The molecule has 2 heterocycles. The van der Waals surface area contributed by atoms with Crippen LogP contribution in [0.15, 0.2) is 11.1 Å². The summed E-state index contributed by atoms with van der Waals surface area (Å²) in [5.74, 6) is 1.13. The first-order chi connectivity index (χ1) is 12.5. The number of hydrogen-bond acceptors (Lipinski definition) is 3. The Bertz CT molecular complexity index is 609. The first-order valence-corrected chi connectivity index (χ1v) is 9.80. The highest BCUT2D eigenvalue weighted by Gasteiger charge is 2.26. The van der Waals surface area contributed by atoms with E-state index in [1.807, 2.05) is 16.5 Å². The van der Waals surface area contributed by atoms with Gasteiger partial charge in [-0.25, -0.2) is 0 Å². The summed E-state index contributed by atoms with van der Waals surface area (Å²) in [5, 5.41) is 11.2. The Morgan fingerprint density at radius 2 is 2.12 bits per heavy atom. The molecule has 1 atom stereocenters. The highest BCUT2D eigenvalue weighted by Crippen LogP contribution is 2.17. The molecule has 1 aliphatic heterocycles. The zero-order valence-corrected chi connectivity index (χ0v) is 16.7. The van der Waals surface area contributed by atoms with Gasteiger partial charge >= 0.3 is 0 Å². The second-order valence-corrected chi connectivity index (χ2v) is 6.97. The van der Waals surface area contributed by atoms with E-state index in [4.69, 9.17) is 0 Å². The summed E-state index contributed by atoms with van der Waals surface area (Å²) >= 11 is 0. The monoisotopic (exact) mass is 362 g/mol. The van der Waals surface area contributed by atoms with Crippen molar-refractivity contribution in [3.05, 3.63) is 17.5 Å². The molecule has 1 amide bonds. The van der Waals surface area contributed by atoms with Crippen molar-refractivity contribution in [2.45, 2.75) is 65.5 Å². The van der Waals surface area contributed by atoms with Crippen LogP contribution < -0.4 is 10.6 Å². The number of carbonyl (C=O) groups is 1. The fraction of sp³-hybridized carbons (Fsp3) is 0.737. The number of nitrogens with one attached hydrogen (secondary N) is 2. The second-order valence-electron chi connectivity index (χ2n) is 6.97. The van der Waals surface area contributed by atoms with Crippen LogP contribution in [0.4, 0.5) is 0 Å². The van der Waals surface area contributed by atoms with E-state index in [1.165, 1.54) is 5.69 Å². The van der Waals surface area contributed by atoms with Gasteiger partial charge in [0.05, 0.1) is 5.69 Å². The highest BCUT2D eigenvalue weighted by molar-refractivity contribution is 5.79. The lowest BCUT2D eigenvalue weighted by Crippen LogP contribution is -2.42. The van der Waals surface area contributed by atoms with Crippen LogP contribution in [0, 0.1) is 13.8 Å². The van der Waals surface area contributed by atoms with Crippen LogP contribution in [0.3, 0.4) is 0 Å². The Morgan fingerprint density at radius 3 is 2.69 bits per heavy atom. The summed E-state index contributed by atoms with van der Waals surface area (Å²) < 4.78 is 2.05. The minimum absolute atomic E-state index is 0.309. The molecular weight excluding hydrogens is 328 g/mol. The molecule has 0 bridgehead atoms. The molecule has 146 valence electrons. The lowest BCUT2D eigenvalue weighted by molar-refractivity contribution is -0.129. The number of guanidine groups is 1. The molecule has 1 aromatic rings. The van der Waals surface area contributed by atoms with Crippen LogP contribution in [0.2, 0.25) is 0 Å². The van der Waals surface area contributed by atoms with Crippen LogP contribution >= 0.6 is 0 Å². The molecule has 1 aromatic heterocycles. The molecule has 26 heavy (non-hydrogen) atoms. The number of aliphatic imine (C=N–C) groups is 1. The minimum atomic E-state index is 0.309. The maximum absolute atomic E-state index is 11.9. The number of nitrogens with zero attached hydrogens (tertiary/aromatic N) is 4. The summed E-state index contributed by atoms with van der Waals surface area (Å²) in [6.07, 6.45) is 4.66. The smallest absolute Gasteiger partial charge is 0.222 e. The molecule has 2 N–H and O–H groups in total. The largest absolute Gasteiger partial charge is 0.356 e. The van der Waals surface area contributed by atoms with Crippen molar-refractivity contribution in [2.24, 2.45) is 4.99 Å². The van der Waals surface area contributed by atoms with Gasteiger partial charge < -0.3 is 15.5 Å². The number of carbonyl (C=O) groups excluding carboxylic acids is 1. The van der Waals surface area contributed by atoms with Gasteiger partial charge in [-0.15, -0.1) is 0 Å². The summed E-state index contributed by atoms with van der Waals surface area (Å²) in [6.45, 7) is 9.74. The van der Waals surface area contributed by atoms with Gasteiger partial charge in [0.15, 0.2) is 5.96 Å². The average Bonchev–Trinajstić information content (AvgIpc) is 3.18. The van der Waals surface area contributed by atoms with Crippen LogP contribution in [0.5, 0.6) is 0 Å². The number of rotatable bonds is 9. The van der Waals surface area contributed by atoms with Gasteiger partial charge in [-0.05, 0) is 45.6 Å². The Hall–Kier alpha value is -2.05. The van der Waals surface area contributed by atoms with E-state index in [9.17, 15) is 4.79 Å². The molecule has 2 rings (SSSR count). The molecule has 0 aliphatic carbocycles. The van der Waals surface area contributed by atoms with Gasteiger partial charge in [0.25, 0.3) is 0 Å². The number of amides is 1. The highest BCUT2D eigenvalue weighted by atomic mass is 16.2. The molecule has 1 fully saturated rings. The Kier molecular flexibility index (Phi) is 7.94. The fourth-order valence-corrected chi connectivity index (χ4v) is 3.55. The lowest BCUT2D eigenvalue weighted by Gasteiger charge is -2.27. The third-order valence-electron chi connectivity index (χ3n) is 4.96. The van der Waals surface area contributed by atoms with Crippen LogP contribution in [0.25, 0.3) is 0 Å². The number of hydrogen-bond donors (Lipinski definition) is 2. The average molecular weight is 363 g/mol. The number of aryl methyl sites for hydroxylation is 3. The van der Waals surface area contributed by atoms with Crippen molar-refractivity contribution in [2.75, 3.05) is 26.7 Å². The summed E-state index contributed by atoms with van der Waals surface area (Å²) in [6, 6.07) is 2.44. The van der Waals surface area contributed by atoms with E-state index < -0.39 is 0 Å². The molecule has 0 spiro atoms. The van der Waals surface area contributed by atoms with Gasteiger partial charge in [0, 0.05) is 51.4 Å². The second kappa shape index (κ2) is 10.2. The number of aromatic nitrogens is 2. The molecule has 1 saturated heterocycles. The van der Waals surface area contributed by atoms with E-state index in [0.29, 0.717) is 18.4 Å². The van der Waals surface area contributed by atoms with E-state index in [2.05, 4.69) is 40.6 Å².